The van der Waals surface area contributed by atoms with Crippen LogP contribution in [0.5, 0.6) is 0 Å². The Morgan fingerprint density at radius 2 is 2.07 bits per heavy atom. The van der Waals surface area contributed by atoms with Crippen LogP contribution in [0, 0.1) is 0 Å². The summed E-state index contributed by atoms with van der Waals surface area (Å²) in [5.41, 5.74) is 0.430. The molecule has 14 heavy (non-hydrogen) atoms. The van der Waals surface area contributed by atoms with Crippen molar-refractivity contribution in [1.29, 1.82) is 0 Å². The van der Waals surface area contributed by atoms with Gasteiger partial charge in [0, 0.05) is 5.57 Å². The minimum Gasteiger partial charge on any atom is -0.390 e. The van der Waals surface area contributed by atoms with Crippen molar-refractivity contribution in [2.75, 3.05) is 20.7 Å². The summed E-state index contributed by atoms with van der Waals surface area (Å²) in [6.07, 6.45) is 0.884. The molecule has 0 spiro atoms. The first-order chi connectivity index (χ1) is 6.37. The molecule has 0 aliphatic carbocycles. The van der Waals surface area contributed by atoms with Gasteiger partial charge in [-0.25, -0.2) is 4.79 Å². The zero-order valence-corrected chi connectivity index (χ0v) is 8.99. The molecule has 0 aromatic carbocycles. The fourth-order valence-electron chi connectivity index (χ4n) is 1.31. The molecule has 0 saturated heterocycles. The van der Waals surface area contributed by atoms with Crippen LogP contribution in [0.3, 0.4) is 0 Å². The Bertz CT molecular complexity index is 246. The second-order valence-corrected chi connectivity index (χ2v) is 3.86. The first-order valence-electron chi connectivity index (χ1n) is 4.46. The van der Waals surface area contributed by atoms with Crippen LogP contribution in [0.2, 0.25) is 0 Å². The third-order valence-corrected chi connectivity index (χ3v) is 2.38. The van der Waals surface area contributed by atoms with Gasteiger partial charge < -0.3 is 9.90 Å². The number of likely N-dealkylation sites (N-methyl/N-ethyl adjacent to an activating group) is 1. The van der Waals surface area contributed by atoms with Crippen molar-refractivity contribution < 1.29 is 19.2 Å². The number of amides is 1. The zero-order valence-electron chi connectivity index (χ0n) is 8.99. The van der Waals surface area contributed by atoms with Crippen LogP contribution in [-0.4, -0.2) is 48.5 Å². The highest BCUT2D eigenvalue weighted by Crippen LogP contribution is 2.13. The van der Waals surface area contributed by atoms with Gasteiger partial charge in [0.1, 0.15) is 12.3 Å². The number of carbonyl (C=O) groups is 2. The minimum atomic E-state index is -0.392. The molecule has 0 aliphatic heterocycles. The first kappa shape index (κ1) is 13.0. The van der Waals surface area contributed by atoms with Gasteiger partial charge in [-0.3, -0.25) is 4.48 Å². The monoisotopic (exact) mass is 200 g/mol. The highest BCUT2D eigenvalue weighted by atomic mass is 16.3. The Morgan fingerprint density at radius 1 is 1.57 bits per heavy atom. The van der Waals surface area contributed by atoms with E-state index >= 15 is 0 Å². The lowest BCUT2D eigenvalue weighted by molar-refractivity contribution is -0.838. The van der Waals surface area contributed by atoms with Gasteiger partial charge in [0.15, 0.2) is 0 Å². The predicted octanol–water partition coefficient (Wildman–Crippen LogP) is 0.115. The van der Waals surface area contributed by atoms with E-state index in [-0.39, 0.29) is 23.4 Å². The third kappa shape index (κ3) is 2.75. The number of rotatable bonds is 5. The molecule has 80 valence electrons. The molecule has 0 bridgehead atoms. The maximum absolute atomic E-state index is 11.7. The number of quaternary nitrogens is 1. The van der Waals surface area contributed by atoms with Gasteiger partial charge >= 0.3 is 5.91 Å². The van der Waals surface area contributed by atoms with E-state index in [2.05, 4.69) is 6.58 Å². The Labute approximate surface area is 84.4 Å². The Hall–Kier alpha value is -1.00. The maximum Gasteiger partial charge on any atom is 0.340 e. The van der Waals surface area contributed by atoms with E-state index in [0.29, 0.717) is 11.9 Å². The SMILES string of the molecule is C=C(C)C(=O)[N+](C)(C)C(CO)CC=O. The van der Waals surface area contributed by atoms with Gasteiger partial charge in [0.05, 0.1) is 27.1 Å². The van der Waals surface area contributed by atoms with Gasteiger partial charge in [0.2, 0.25) is 0 Å². The fraction of sp³-hybridized carbons (Fsp3) is 0.600. The van der Waals surface area contributed by atoms with E-state index in [9.17, 15) is 9.59 Å². The Kier molecular flexibility index (Phi) is 4.67. The van der Waals surface area contributed by atoms with E-state index in [1.165, 1.54) is 0 Å². The zero-order chi connectivity index (χ0) is 11.4. The molecule has 1 unspecified atom stereocenters. The van der Waals surface area contributed by atoms with Crippen LogP contribution in [0.25, 0.3) is 0 Å². The average Bonchev–Trinajstić information content (AvgIpc) is 2.12. The van der Waals surface area contributed by atoms with Crippen molar-refractivity contribution in [3.8, 4) is 0 Å². The lowest BCUT2D eigenvalue weighted by Crippen LogP contribution is -2.55. The molecule has 4 nitrogen and oxygen atoms in total. The second-order valence-electron chi connectivity index (χ2n) is 3.86. The second kappa shape index (κ2) is 5.02. The third-order valence-electron chi connectivity index (χ3n) is 2.38. The van der Waals surface area contributed by atoms with Crippen LogP contribution in [0.4, 0.5) is 0 Å². The number of aliphatic hydroxyl groups excluding tert-OH is 1. The van der Waals surface area contributed by atoms with Gasteiger partial charge in [-0.1, -0.05) is 6.58 Å². The van der Waals surface area contributed by atoms with Crippen LogP contribution < -0.4 is 0 Å². The number of nitrogens with zero attached hydrogens (tertiary/aromatic N) is 1. The molecule has 0 aromatic rings. The highest BCUT2D eigenvalue weighted by Gasteiger charge is 2.35. The topological polar surface area (TPSA) is 54.4 Å². The molecule has 0 heterocycles. The van der Waals surface area contributed by atoms with Gasteiger partial charge in [-0.2, -0.15) is 0 Å². The summed E-state index contributed by atoms with van der Waals surface area (Å²) < 4.78 is -0.0371. The van der Waals surface area contributed by atoms with E-state index in [0.717, 1.165) is 0 Å². The standard InChI is InChI=1S/C10H18NO3/c1-8(2)10(14)11(3,4)9(7-13)5-6-12/h6,9,13H,1,5,7H2,2-4H3/q+1. The molecule has 0 fully saturated rings. The molecule has 4 heteroatoms. The van der Waals surface area contributed by atoms with Crippen molar-refractivity contribution in [2.24, 2.45) is 0 Å². The first-order valence-corrected chi connectivity index (χ1v) is 4.46. The van der Waals surface area contributed by atoms with Gasteiger partial charge in [0.25, 0.3) is 0 Å². The molecule has 0 aromatic heterocycles. The summed E-state index contributed by atoms with van der Waals surface area (Å²) in [6, 6.07) is -0.392. The van der Waals surface area contributed by atoms with E-state index in [1.54, 1.807) is 21.0 Å². The lowest BCUT2D eigenvalue weighted by Gasteiger charge is -2.33. The van der Waals surface area contributed by atoms with E-state index < -0.39 is 6.04 Å². The normalized spacial score (nSPS) is 13.4. The molecular formula is C10H18NO3+. The van der Waals surface area contributed by atoms with Crippen LogP contribution in [0.1, 0.15) is 13.3 Å². The van der Waals surface area contributed by atoms with Crippen molar-refractivity contribution >= 4 is 12.2 Å². The Morgan fingerprint density at radius 3 is 2.36 bits per heavy atom. The quantitative estimate of drug-likeness (QED) is 0.389. The number of carbonyl (C=O) groups excluding carboxylic acids is 2. The summed E-state index contributed by atoms with van der Waals surface area (Å²) in [5.74, 6) is -0.161. The number of aldehydes is 1. The van der Waals surface area contributed by atoms with Crippen molar-refractivity contribution in [2.45, 2.75) is 19.4 Å². The van der Waals surface area contributed by atoms with Crippen molar-refractivity contribution in [1.82, 2.24) is 0 Å². The minimum absolute atomic E-state index is 0.0371. The number of hydrogen-bond donors (Lipinski definition) is 1. The largest absolute Gasteiger partial charge is 0.390 e. The summed E-state index contributed by atoms with van der Waals surface area (Å²) in [6.45, 7) is 5.00. The summed E-state index contributed by atoms with van der Waals surface area (Å²) in [5, 5.41) is 9.07. The fourth-order valence-corrected chi connectivity index (χ4v) is 1.31. The highest BCUT2D eigenvalue weighted by molar-refractivity contribution is 5.86. The lowest BCUT2D eigenvalue weighted by atomic mass is 10.1. The van der Waals surface area contributed by atoms with Crippen molar-refractivity contribution in [3.63, 3.8) is 0 Å². The number of hydrogen-bond acceptors (Lipinski definition) is 3. The van der Waals surface area contributed by atoms with Crippen LogP contribution in [0.15, 0.2) is 12.2 Å². The average molecular weight is 200 g/mol. The molecule has 1 amide bonds. The molecule has 1 N–H and O–H groups in total. The predicted molar refractivity (Wildman–Crippen MR) is 53.5 cm³/mol. The van der Waals surface area contributed by atoms with Gasteiger partial charge in [-0.15, -0.1) is 0 Å². The molecule has 0 aliphatic rings. The summed E-state index contributed by atoms with van der Waals surface area (Å²) in [4.78, 5) is 22.0. The maximum atomic E-state index is 11.7. The van der Waals surface area contributed by atoms with E-state index in [4.69, 9.17) is 5.11 Å². The Balaban J connectivity index is 4.79. The molecule has 0 radical (unpaired) electrons. The van der Waals surface area contributed by atoms with Crippen LogP contribution in [-0.2, 0) is 9.59 Å². The van der Waals surface area contributed by atoms with Crippen LogP contribution >= 0.6 is 0 Å². The summed E-state index contributed by atoms with van der Waals surface area (Å²) >= 11 is 0. The molecule has 0 saturated carbocycles. The van der Waals surface area contributed by atoms with Crippen molar-refractivity contribution in [3.05, 3.63) is 12.2 Å². The number of aliphatic hydroxyl groups is 1. The molecular weight excluding hydrogens is 182 g/mol. The van der Waals surface area contributed by atoms with E-state index in [1.807, 2.05) is 0 Å². The smallest absolute Gasteiger partial charge is 0.340 e. The molecule has 0 rings (SSSR count). The van der Waals surface area contributed by atoms with Gasteiger partial charge in [-0.05, 0) is 6.92 Å². The summed E-state index contributed by atoms with van der Waals surface area (Å²) in [7, 11) is 3.34. The molecule has 1 atom stereocenters.